The van der Waals surface area contributed by atoms with Crippen LogP contribution in [0.2, 0.25) is 0 Å². The van der Waals surface area contributed by atoms with Gasteiger partial charge >= 0.3 is 13.7 Å². The minimum atomic E-state index is -4.67. The second kappa shape index (κ2) is 7.80. The lowest BCUT2D eigenvalue weighted by Gasteiger charge is -2.25. The maximum Gasteiger partial charge on any atom is 0.403 e. The number of nitrogens with zero attached hydrogens (tertiary/aromatic N) is 1. The summed E-state index contributed by atoms with van der Waals surface area (Å²) in [6.07, 6.45) is -0.102. The van der Waals surface area contributed by atoms with Crippen molar-refractivity contribution in [1.82, 2.24) is 4.67 Å². The van der Waals surface area contributed by atoms with Crippen molar-refractivity contribution in [3.8, 4) is 16.9 Å². The zero-order valence-electron chi connectivity index (χ0n) is 13.9. The molecule has 25 heavy (non-hydrogen) atoms. The lowest BCUT2D eigenvalue weighted by molar-refractivity contribution is -0.141. The van der Waals surface area contributed by atoms with E-state index in [4.69, 9.17) is 4.74 Å². The summed E-state index contributed by atoms with van der Waals surface area (Å²) in [6, 6.07) is 13.5. The topological polar surface area (TPSA) is 107 Å². The van der Waals surface area contributed by atoms with Gasteiger partial charge in [0.15, 0.2) is 0 Å². The highest BCUT2D eigenvalue weighted by Crippen LogP contribution is 2.41. The molecule has 0 saturated heterocycles. The van der Waals surface area contributed by atoms with Gasteiger partial charge < -0.3 is 19.6 Å². The summed E-state index contributed by atoms with van der Waals surface area (Å²) in [7, 11) is -2.12. The monoisotopic (exact) mass is 365 g/mol. The fraction of sp³-hybridized carbons (Fsp3) is 0.235. The van der Waals surface area contributed by atoms with E-state index in [1.165, 1.54) is 7.11 Å². The van der Waals surface area contributed by atoms with Crippen LogP contribution in [0.5, 0.6) is 5.75 Å². The highest BCUT2D eigenvalue weighted by atomic mass is 31.2. The molecule has 3 N–H and O–H groups in total. The predicted molar refractivity (Wildman–Crippen MR) is 93.4 cm³/mol. The van der Waals surface area contributed by atoms with E-state index in [2.05, 4.69) is 0 Å². The molecule has 0 aliphatic carbocycles. The molecule has 2 aromatic carbocycles. The number of carboxylic acid groups (broad SMARTS) is 1. The number of carbonyl (C=O) groups is 1. The maximum absolute atomic E-state index is 11.5. The molecule has 0 amide bonds. The van der Waals surface area contributed by atoms with Crippen molar-refractivity contribution in [3.63, 3.8) is 0 Å². The largest absolute Gasteiger partial charge is 0.496 e. The van der Waals surface area contributed by atoms with Gasteiger partial charge in [0, 0.05) is 6.42 Å². The Balaban J connectivity index is 2.35. The minimum Gasteiger partial charge on any atom is -0.496 e. The Labute approximate surface area is 145 Å². The van der Waals surface area contributed by atoms with Gasteiger partial charge in [0.25, 0.3) is 0 Å². The summed E-state index contributed by atoms with van der Waals surface area (Å²) < 4.78 is 17.3. The minimum absolute atomic E-state index is 0.102. The first-order valence-corrected chi connectivity index (χ1v) is 9.04. The summed E-state index contributed by atoms with van der Waals surface area (Å²) >= 11 is 0. The molecule has 0 spiro atoms. The highest BCUT2D eigenvalue weighted by molar-refractivity contribution is 7.49. The Morgan fingerprint density at radius 2 is 1.80 bits per heavy atom. The molecule has 0 aliphatic heterocycles. The van der Waals surface area contributed by atoms with Crippen LogP contribution < -0.4 is 4.74 Å². The fourth-order valence-electron chi connectivity index (χ4n) is 2.49. The van der Waals surface area contributed by atoms with Crippen LogP contribution in [-0.4, -0.2) is 45.7 Å². The number of hydrogen-bond donors (Lipinski definition) is 3. The van der Waals surface area contributed by atoms with Gasteiger partial charge in [0.05, 0.1) is 7.11 Å². The molecular weight excluding hydrogens is 345 g/mol. The Kier molecular flexibility index (Phi) is 5.98. The average molecular weight is 365 g/mol. The van der Waals surface area contributed by atoms with E-state index in [0.29, 0.717) is 16.0 Å². The Bertz CT molecular complexity index is 789. The lowest BCUT2D eigenvalue weighted by Crippen LogP contribution is -2.38. The molecule has 0 aromatic heterocycles. The second-order valence-electron chi connectivity index (χ2n) is 5.54. The van der Waals surface area contributed by atoms with Crippen LogP contribution in [0, 0.1) is 0 Å². The Morgan fingerprint density at radius 3 is 2.32 bits per heavy atom. The molecule has 2 rings (SSSR count). The van der Waals surface area contributed by atoms with Crippen molar-refractivity contribution in [3.05, 3.63) is 54.1 Å². The van der Waals surface area contributed by atoms with Crippen molar-refractivity contribution in [2.45, 2.75) is 12.5 Å². The van der Waals surface area contributed by atoms with Crippen LogP contribution in [-0.2, 0) is 15.8 Å². The summed E-state index contributed by atoms with van der Waals surface area (Å²) in [5.41, 5.74) is 2.43. The van der Waals surface area contributed by atoms with Gasteiger partial charge in [-0.1, -0.05) is 42.5 Å². The molecule has 7 nitrogen and oxygen atoms in total. The van der Waals surface area contributed by atoms with Gasteiger partial charge in [-0.2, -0.15) is 4.67 Å². The Morgan fingerprint density at radius 1 is 1.16 bits per heavy atom. The van der Waals surface area contributed by atoms with Crippen molar-refractivity contribution >= 4 is 13.7 Å². The molecular formula is C17H20NO6P. The van der Waals surface area contributed by atoms with E-state index in [1.54, 1.807) is 12.1 Å². The molecule has 1 atom stereocenters. The van der Waals surface area contributed by atoms with Crippen LogP contribution in [0.1, 0.15) is 5.56 Å². The number of ether oxygens (including phenoxy) is 1. The molecule has 0 radical (unpaired) electrons. The van der Waals surface area contributed by atoms with Crippen molar-refractivity contribution in [1.29, 1.82) is 0 Å². The third-order valence-electron chi connectivity index (χ3n) is 3.95. The Hall–Kier alpha value is -2.18. The molecule has 8 heteroatoms. The SMILES string of the molecule is COc1cc(-c2ccccc2)ccc1C[C@@H](C(=O)O)N(C)P(=O)(O)O. The molecule has 0 aliphatic rings. The van der Waals surface area contributed by atoms with Gasteiger partial charge in [-0.3, -0.25) is 4.79 Å². The summed E-state index contributed by atoms with van der Waals surface area (Å²) in [5, 5.41) is 9.34. The van der Waals surface area contributed by atoms with Crippen LogP contribution in [0.4, 0.5) is 0 Å². The van der Waals surface area contributed by atoms with E-state index >= 15 is 0 Å². The van der Waals surface area contributed by atoms with Crippen molar-refractivity contribution in [2.24, 2.45) is 0 Å². The highest BCUT2D eigenvalue weighted by Gasteiger charge is 2.34. The first kappa shape index (κ1) is 19.1. The lowest BCUT2D eigenvalue weighted by atomic mass is 9.99. The molecule has 0 saturated carbocycles. The standard InChI is InChI=1S/C17H20NO6P/c1-18(25(21,22)23)15(17(19)20)10-14-9-8-13(11-16(14)24-2)12-6-4-3-5-7-12/h3-9,11,15H,10H2,1-2H3,(H,19,20)(H2,21,22,23)/t15-/m0/s1. The third-order valence-corrected chi connectivity index (χ3v) is 5.06. The van der Waals surface area contributed by atoms with Crippen molar-refractivity contribution in [2.75, 3.05) is 14.2 Å². The first-order chi connectivity index (χ1) is 11.7. The van der Waals surface area contributed by atoms with Gasteiger partial charge in [-0.15, -0.1) is 0 Å². The number of hydrogen-bond acceptors (Lipinski definition) is 3. The maximum atomic E-state index is 11.5. The second-order valence-corrected chi connectivity index (χ2v) is 7.20. The number of rotatable bonds is 7. The number of aliphatic carboxylic acids is 1. The van der Waals surface area contributed by atoms with E-state index in [-0.39, 0.29) is 6.42 Å². The van der Waals surface area contributed by atoms with Crippen LogP contribution in [0.15, 0.2) is 48.5 Å². The molecule has 0 unspecified atom stereocenters. The van der Waals surface area contributed by atoms with E-state index in [1.807, 2.05) is 36.4 Å². The molecule has 0 heterocycles. The number of likely N-dealkylation sites (N-methyl/N-ethyl adjacent to an activating group) is 1. The smallest absolute Gasteiger partial charge is 0.403 e. The third kappa shape index (κ3) is 4.67. The van der Waals surface area contributed by atoms with E-state index in [9.17, 15) is 24.3 Å². The van der Waals surface area contributed by atoms with E-state index in [0.717, 1.165) is 18.2 Å². The fourth-order valence-corrected chi connectivity index (χ4v) is 3.04. The van der Waals surface area contributed by atoms with Crippen molar-refractivity contribution < 1.29 is 29.0 Å². The zero-order valence-corrected chi connectivity index (χ0v) is 14.8. The first-order valence-electron chi connectivity index (χ1n) is 7.48. The number of carboxylic acids is 1. The molecule has 0 fully saturated rings. The molecule has 0 bridgehead atoms. The normalized spacial score (nSPS) is 12.8. The van der Waals surface area contributed by atoms with Gasteiger partial charge in [0.1, 0.15) is 11.8 Å². The molecule has 134 valence electrons. The van der Waals surface area contributed by atoms with E-state index < -0.39 is 19.8 Å². The number of methoxy groups -OCH3 is 1. The van der Waals surface area contributed by atoms with Crippen LogP contribution in [0.25, 0.3) is 11.1 Å². The quantitative estimate of drug-likeness (QED) is 0.647. The molecule has 2 aromatic rings. The van der Waals surface area contributed by atoms with Crippen LogP contribution in [0.3, 0.4) is 0 Å². The van der Waals surface area contributed by atoms with Gasteiger partial charge in [-0.25, -0.2) is 4.57 Å². The summed E-state index contributed by atoms with van der Waals surface area (Å²) in [5.74, 6) is -0.855. The average Bonchev–Trinajstić information content (AvgIpc) is 2.58. The summed E-state index contributed by atoms with van der Waals surface area (Å²) in [6.45, 7) is 0. The van der Waals surface area contributed by atoms with Gasteiger partial charge in [0.2, 0.25) is 0 Å². The van der Waals surface area contributed by atoms with Gasteiger partial charge in [-0.05, 0) is 29.8 Å². The predicted octanol–water partition coefficient (Wildman–Crippen LogP) is 2.38. The number of benzene rings is 2. The zero-order chi connectivity index (χ0) is 18.6. The summed E-state index contributed by atoms with van der Waals surface area (Å²) in [4.78, 5) is 29.9. The van der Waals surface area contributed by atoms with Crippen LogP contribution >= 0.6 is 7.75 Å².